The molecule has 1 aliphatic carbocycles. The van der Waals surface area contributed by atoms with E-state index in [2.05, 4.69) is 22.8 Å². The lowest BCUT2D eigenvalue weighted by atomic mass is 9.94. The van der Waals surface area contributed by atoms with Crippen molar-refractivity contribution in [1.82, 2.24) is 10.6 Å². The maximum absolute atomic E-state index is 11.8. The van der Waals surface area contributed by atoms with Crippen molar-refractivity contribution in [3.63, 3.8) is 0 Å². The summed E-state index contributed by atoms with van der Waals surface area (Å²) in [5.41, 5.74) is -0.505. The number of allylic oxidation sites excluding steroid dienone is 2. The molecule has 2 amide bonds. The molecule has 0 aromatic heterocycles. The van der Waals surface area contributed by atoms with Gasteiger partial charge in [0, 0.05) is 18.5 Å². The van der Waals surface area contributed by atoms with Crippen LogP contribution in [-0.2, 0) is 4.79 Å². The molecule has 108 valence electrons. The van der Waals surface area contributed by atoms with Crippen molar-refractivity contribution in [2.24, 2.45) is 5.92 Å². The molecule has 0 bridgehead atoms. The number of aliphatic carboxylic acids is 1. The predicted octanol–water partition coefficient (Wildman–Crippen LogP) is 2.29. The molecule has 1 unspecified atom stereocenters. The van der Waals surface area contributed by atoms with Crippen LogP contribution in [-0.4, -0.2) is 29.2 Å². The van der Waals surface area contributed by atoms with Gasteiger partial charge in [-0.1, -0.05) is 12.2 Å². The van der Waals surface area contributed by atoms with Gasteiger partial charge in [0.2, 0.25) is 0 Å². The minimum absolute atomic E-state index is 0.0562. The predicted molar refractivity (Wildman–Crippen MR) is 74.0 cm³/mol. The van der Waals surface area contributed by atoms with Crippen molar-refractivity contribution >= 4 is 12.0 Å². The topological polar surface area (TPSA) is 78.4 Å². The van der Waals surface area contributed by atoms with Gasteiger partial charge in [0.25, 0.3) is 0 Å². The molecule has 0 spiro atoms. The smallest absolute Gasteiger partial charge is 0.315 e. The number of rotatable bonds is 6. The van der Waals surface area contributed by atoms with Gasteiger partial charge in [-0.05, 0) is 45.4 Å². The number of hydrogen-bond acceptors (Lipinski definition) is 2. The minimum Gasteiger partial charge on any atom is -0.481 e. The first-order valence-electron chi connectivity index (χ1n) is 6.82. The second-order valence-corrected chi connectivity index (χ2v) is 5.76. The number of urea groups is 1. The Bertz CT molecular complexity index is 351. The summed E-state index contributed by atoms with van der Waals surface area (Å²) in [4.78, 5) is 22.3. The molecule has 0 saturated heterocycles. The highest BCUT2D eigenvalue weighted by Gasteiger charge is 2.21. The lowest BCUT2D eigenvalue weighted by Gasteiger charge is -2.26. The van der Waals surface area contributed by atoms with Crippen molar-refractivity contribution in [3.8, 4) is 0 Å². The van der Waals surface area contributed by atoms with Crippen LogP contribution in [0.4, 0.5) is 4.79 Å². The lowest BCUT2D eigenvalue weighted by Crippen LogP contribution is -2.49. The van der Waals surface area contributed by atoms with E-state index < -0.39 is 11.5 Å². The summed E-state index contributed by atoms with van der Waals surface area (Å²) in [6.07, 6.45) is 8.01. The number of carboxylic acids is 1. The third kappa shape index (κ3) is 6.84. The van der Waals surface area contributed by atoms with E-state index in [0.29, 0.717) is 18.9 Å². The van der Waals surface area contributed by atoms with Gasteiger partial charge in [-0.25, -0.2) is 4.79 Å². The molecule has 1 rings (SSSR count). The molecule has 0 aromatic carbocycles. The number of amides is 2. The summed E-state index contributed by atoms with van der Waals surface area (Å²) >= 11 is 0. The maximum Gasteiger partial charge on any atom is 0.315 e. The first-order valence-corrected chi connectivity index (χ1v) is 6.82. The molecule has 0 aliphatic heterocycles. The first kappa shape index (κ1) is 15.5. The van der Waals surface area contributed by atoms with Crippen LogP contribution in [0, 0.1) is 5.92 Å². The van der Waals surface area contributed by atoms with E-state index in [0.717, 1.165) is 19.3 Å². The van der Waals surface area contributed by atoms with Crippen LogP contribution in [0.2, 0.25) is 0 Å². The monoisotopic (exact) mass is 268 g/mol. The molecule has 1 aliphatic rings. The zero-order valence-electron chi connectivity index (χ0n) is 11.7. The Morgan fingerprint density at radius 1 is 1.37 bits per heavy atom. The summed E-state index contributed by atoms with van der Waals surface area (Å²) in [5.74, 6) is -0.331. The van der Waals surface area contributed by atoms with Gasteiger partial charge in [0.1, 0.15) is 0 Å². The van der Waals surface area contributed by atoms with Crippen LogP contribution in [0.15, 0.2) is 12.2 Å². The SMILES string of the molecule is CC(C)(CCC(=O)O)NC(=O)NCC1CC=CCC1. The van der Waals surface area contributed by atoms with Crippen LogP contribution in [0.5, 0.6) is 0 Å². The number of carboxylic acid groups (broad SMARTS) is 1. The second-order valence-electron chi connectivity index (χ2n) is 5.76. The van der Waals surface area contributed by atoms with Gasteiger partial charge in [0.15, 0.2) is 0 Å². The second kappa shape index (κ2) is 7.16. The zero-order chi connectivity index (χ0) is 14.3. The average Bonchev–Trinajstić information content (AvgIpc) is 2.35. The summed E-state index contributed by atoms with van der Waals surface area (Å²) in [6, 6.07) is -0.218. The molecule has 5 heteroatoms. The van der Waals surface area contributed by atoms with Crippen molar-refractivity contribution in [2.75, 3.05) is 6.54 Å². The van der Waals surface area contributed by atoms with Gasteiger partial charge in [0.05, 0.1) is 0 Å². The number of carbonyl (C=O) groups is 2. The van der Waals surface area contributed by atoms with E-state index in [1.54, 1.807) is 0 Å². The third-order valence-corrected chi connectivity index (χ3v) is 3.34. The van der Waals surface area contributed by atoms with E-state index in [-0.39, 0.29) is 12.5 Å². The Hall–Kier alpha value is -1.52. The quantitative estimate of drug-likeness (QED) is 0.647. The van der Waals surface area contributed by atoms with Gasteiger partial charge in [-0.2, -0.15) is 0 Å². The van der Waals surface area contributed by atoms with E-state index in [4.69, 9.17) is 5.11 Å². The Labute approximate surface area is 114 Å². The average molecular weight is 268 g/mol. The molecule has 5 nitrogen and oxygen atoms in total. The Kier molecular flexibility index (Phi) is 5.86. The Balaban J connectivity index is 2.25. The third-order valence-electron chi connectivity index (χ3n) is 3.34. The van der Waals surface area contributed by atoms with Crippen LogP contribution in [0.25, 0.3) is 0 Å². The molecule has 1 atom stereocenters. The van der Waals surface area contributed by atoms with Crippen molar-refractivity contribution in [3.05, 3.63) is 12.2 Å². The minimum atomic E-state index is -0.843. The van der Waals surface area contributed by atoms with E-state index in [1.807, 2.05) is 13.8 Å². The fourth-order valence-corrected chi connectivity index (χ4v) is 2.11. The molecule has 0 aromatic rings. The van der Waals surface area contributed by atoms with E-state index >= 15 is 0 Å². The van der Waals surface area contributed by atoms with Crippen LogP contribution < -0.4 is 10.6 Å². The summed E-state index contributed by atoms with van der Waals surface area (Å²) in [6.45, 7) is 4.34. The number of nitrogens with one attached hydrogen (secondary N) is 2. The molecular weight excluding hydrogens is 244 g/mol. The van der Waals surface area contributed by atoms with Gasteiger partial charge >= 0.3 is 12.0 Å². The number of carbonyl (C=O) groups excluding carboxylic acids is 1. The molecule has 3 N–H and O–H groups in total. The molecular formula is C14H24N2O3. The van der Waals surface area contributed by atoms with E-state index in [9.17, 15) is 9.59 Å². The van der Waals surface area contributed by atoms with Crippen molar-refractivity contribution < 1.29 is 14.7 Å². The molecule has 0 heterocycles. The van der Waals surface area contributed by atoms with Crippen molar-refractivity contribution in [2.45, 2.75) is 51.5 Å². The molecule has 0 radical (unpaired) electrons. The first-order chi connectivity index (χ1) is 8.89. The highest BCUT2D eigenvalue weighted by molar-refractivity contribution is 5.74. The standard InChI is InChI=1S/C14H24N2O3/c1-14(2,9-8-12(17)18)16-13(19)15-10-11-6-4-3-5-7-11/h3-4,11H,5-10H2,1-2H3,(H,17,18)(H2,15,16,19). The largest absolute Gasteiger partial charge is 0.481 e. The fourth-order valence-electron chi connectivity index (χ4n) is 2.11. The van der Waals surface area contributed by atoms with Gasteiger partial charge in [-0.3, -0.25) is 4.79 Å². The summed E-state index contributed by atoms with van der Waals surface area (Å²) in [5, 5.41) is 14.3. The van der Waals surface area contributed by atoms with E-state index in [1.165, 1.54) is 0 Å². The van der Waals surface area contributed by atoms with Gasteiger partial charge in [-0.15, -0.1) is 0 Å². The van der Waals surface area contributed by atoms with Gasteiger partial charge < -0.3 is 15.7 Å². The normalized spacial score (nSPS) is 18.9. The van der Waals surface area contributed by atoms with Crippen LogP contribution >= 0.6 is 0 Å². The van der Waals surface area contributed by atoms with Crippen LogP contribution in [0.3, 0.4) is 0 Å². The summed E-state index contributed by atoms with van der Waals surface area (Å²) in [7, 11) is 0. The molecule has 0 fully saturated rings. The molecule has 0 saturated carbocycles. The molecule has 19 heavy (non-hydrogen) atoms. The Morgan fingerprint density at radius 3 is 2.68 bits per heavy atom. The highest BCUT2D eigenvalue weighted by atomic mass is 16.4. The summed E-state index contributed by atoms with van der Waals surface area (Å²) < 4.78 is 0. The van der Waals surface area contributed by atoms with Crippen molar-refractivity contribution in [1.29, 1.82) is 0 Å². The van der Waals surface area contributed by atoms with Crippen LogP contribution in [0.1, 0.15) is 46.0 Å². The lowest BCUT2D eigenvalue weighted by molar-refractivity contribution is -0.137. The fraction of sp³-hybridized carbons (Fsp3) is 0.714. The Morgan fingerprint density at radius 2 is 2.11 bits per heavy atom. The highest BCUT2D eigenvalue weighted by Crippen LogP contribution is 2.17. The zero-order valence-corrected chi connectivity index (χ0v) is 11.7. The number of hydrogen-bond donors (Lipinski definition) is 3. The maximum atomic E-state index is 11.8.